The zero-order chi connectivity index (χ0) is 18.7. The molecule has 1 aliphatic heterocycles. The van der Waals surface area contributed by atoms with Gasteiger partial charge in [0.2, 0.25) is 11.8 Å². The summed E-state index contributed by atoms with van der Waals surface area (Å²) in [4.78, 5) is 26.6. The predicted molar refractivity (Wildman–Crippen MR) is 100 cm³/mol. The summed E-state index contributed by atoms with van der Waals surface area (Å²) in [7, 11) is 3.10. The van der Waals surface area contributed by atoms with Crippen molar-refractivity contribution in [1.82, 2.24) is 0 Å². The number of halogens is 1. The summed E-state index contributed by atoms with van der Waals surface area (Å²) < 4.78 is 10.4. The van der Waals surface area contributed by atoms with Gasteiger partial charge in [0, 0.05) is 23.7 Å². The minimum atomic E-state index is -0.451. The van der Waals surface area contributed by atoms with E-state index in [2.05, 4.69) is 5.32 Å². The van der Waals surface area contributed by atoms with Gasteiger partial charge in [0.1, 0.15) is 11.5 Å². The van der Waals surface area contributed by atoms with Gasteiger partial charge in [-0.3, -0.25) is 9.59 Å². The molecule has 1 saturated heterocycles. The molecule has 0 aliphatic carbocycles. The second kappa shape index (κ2) is 7.66. The van der Waals surface area contributed by atoms with E-state index in [4.69, 9.17) is 21.1 Å². The van der Waals surface area contributed by atoms with Crippen molar-refractivity contribution >= 4 is 34.8 Å². The van der Waals surface area contributed by atoms with E-state index in [0.29, 0.717) is 28.8 Å². The molecule has 0 bridgehead atoms. The Morgan fingerprint density at radius 3 is 2.54 bits per heavy atom. The van der Waals surface area contributed by atoms with E-state index in [1.54, 1.807) is 54.5 Å². The summed E-state index contributed by atoms with van der Waals surface area (Å²) in [6.07, 6.45) is 0.154. The third-order valence-electron chi connectivity index (χ3n) is 4.30. The van der Waals surface area contributed by atoms with Gasteiger partial charge in [0.15, 0.2) is 0 Å². The number of carbonyl (C=O) groups is 2. The SMILES string of the molecule is COc1ccc(N2C[C@@H](C(=O)Nc3cc(Cl)ccc3OC)CC2=O)cc1. The van der Waals surface area contributed by atoms with E-state index >= 15 is 0 Å². The Morgan fingerprint density at radius 1 is 1.15 bits per heavy atom. The van der Waals surface area contributed by atoms with Crippen LogP contribution in [0.15, 0.2) is 42.5 Å². The molecule has 26 heavy (non-hydrogen) atoms. The average molecular weight is 375 g/mol. The van der Waals surface area contributed by atoms with Crippen molar-refractivity contribution in [2.24, 2.45) is 5.92 Å². The Morgan fingerprint density at radius 2 is 1.88 bits per heavy atom. The fraction of sp³-hybridized carbons (Fsp3) is 0.263. The van der Waals surface area contributed by atoms with Crippen LogP contribution in [-0.4, -0.2) is 32.6 Å². The largest absolute Gasteiger partial charge is 0.497 e. The Kier molecular flexibility index (Phi) is 5.32. The lowest BCUT2D eigenvalue weighted by Crippen LogP contribution is -2.28. The molecule has 2 amide bonds. The first-order chi connectivity index (χ1) is 12.5. The van der Waals surface area contributed by atoms with Crippen LogP contribution in [-0.2, 0) is 9.59 Å². The number of hydrogen-bond acceptors (Lipinski definition) is 4. The molecule has 0 unspecified atom stereocenters. The molecule has 2 aromatic rings. The number of benzene rings is 2. The minimum Gasteiger partial charge on any atom is -0.497 e. The second-order valence-corrected chi connectivity index (χ2v) is 6.37. The van der Waals surface area contributed by atoms with Crippen LogP contribution in [0.25, 0.3) is 0 Å². The van der Waals surface area contributed by atoms with Gasteiger partial charge in [-0.2, -0.15) is 0 Å². The lowest BCUT2D eigenvalue weighted by Gasteiger charge is -2.17. The Bertz CT molecular complexity index is 823. The predicted octanol–water partition coefficient (Wildman–Crippen LogP) is 3.35. The molecule has 0 saturated carbocycles. The van der Waals surface area contributed by atoms with E-state index < -0.39 is 5.92 Å². The van der Waals surface area contributed by atoms with Gasteiger partial charge in [0.05, 0.1) is 25.8 Å². The van der Waals surface area contributed by atoms with E-state index in [-0.39, 0.29) is 18.2 Å². The molecular weight excluding hydrogens is 356 g/mol. The molecule has 7 heteroatoms. The van der Waals surface area contributed by atoms with Crippen LogP contribution in [0.5, 0.6) is 11.5 Å². The lowest BCUT2D eigenvalue weighted by molar-refractivity contribution is -0.122. The highest BCUT2D eigenvalue weighted by Crippen LogP contribution is 2.31. The molecule has 2 aromatic carbocycles. The van der Waals surface area contributed by atoms with E-state index in [1.165, 1.54) is 7.11 Å². The highest BCUT2D eigenvalue weighted by atomic mass is 35.5. The summed E-state index contributed by atoms with van der Waals surface area (Å²) in [5.74, 6) is 0.443. The van der Waals surface area contributed by atoms with Crippen molar-refractivity contribution in [3.63, 3.8) is 0 Å². The zero-order valence-corrected chi connectivity index (χ0v) is 15.2. The summed E-state index contributed by atoms with van der Waals surface area (Å²) in [5.41, 5.74) is 1.23. The van der Waals surface area contributed by atoms with Gasteiger partial charge >= 0.3 is 0 Å². The van der Waals surface area contributed by atoms with Gasteiger partial charge in [-0.05, 0) is 42.5 Å². The third kappa shape index (κ3) is 3.75. The van der Waals surface area contributed by atoms with Crippen LogP contribution < -0.4 is 19.7 Å². The van der Waals surface area contributed by atoms with E-state index in [0.717, 1.165) is 5.69 Å². The van der Waals surface area contributed by atoms with Crippen molar-refractivity contribution in [1.29, 1.82) is 0 Å². The van der Waals surface area contributed by atoms with Crippen LogP contribution in [0.4, 0.5) is 11.4 Å². The maximum Gasteiger partial charge on any atom is 0.229 e. The summed E-state index contributed by atoms with van der Waals surface area (Å²) in [6, 6.07) is 12.2. The number of methoxy groups -OCH3 is 2. The number of carbonyl (C=O) groups excluding carboxylic acids is 2. The zero-order valence-electron chi connectivity index (χ0n) is 14.5. The molecule has 3 rings (SSSR count). The van der Waals surface area contributed by atoms with Crippen molar-refractivity contribution in [3.05, 3.63) is 47.5 Å². The van der Waals surface area contributed by atoms with Gasteiger partial charge in [-0.15, -0.1) is 0 Å². The highest BCUT2D eigenvalue weighted by Gasteiger charge is 2.35. The molecule has 6 nitrogen and oxygen atoms in total. The van der Waals surface area contributed by atoms with Crippen LogP contribution in [0, 0.1) is 5.92 Å². The van der Waals surface area contributed by atoms with Gasteiger partial charge in [0.25, 0.3) is 0 Å². The van der Waals surface area contributed by atoms with Crippen molar-refractivity contribution in [2.75, 3.05) is 31.0 Å². The average Bonchev–Trinajstić information content (AvgIpc) is 3.04. The normalized spacial score (nSPS) is 16.5. The number of amides is 2. The van der Waals surface area contributed by atoms with Gasteiger partial charge in [-0.1, -0.05) is 11.6 Å². The summed E-state index contributed by atoms with van der Waals surface area (Å²) in [5, 5.41) is 3.30. The van der Waals surface area contributed by atoms with Crippen LogP contribution in [0.1, 0.15) is 6.42 Å². The maximum absolute atomic E-state index is 12.6. The number of rotatable bonds is 5. The monoisotopic (exact) mass is 374 g/mol. The number of nitrogens with one attached hydrogen (secondary N) is 1. The van der Waals surface area contributed by atoms with Crippen LogP contribution >= 0.6 is 11.6 Å². The third-order valence-corrected chi connectivity index (χ3v) is 4.53. The first-order valence-corrected chi connectivity index (χ1v) is 8.48. The molecule has 1 N–H and O–H groups in total. The van der Waals surface area contributed by atoms with Crippen molar-refractivity contribution in [2.45, 2.75) is 6.42 Å². The quantitative estimate of drug-likeness (QED) is 0.871. The van der Waals surface area contributed by atoms with Crippen LogP contribution in [0.3, 0.4) is 0 Å². The molecule has 136 valence electrons. The number of nitrogens with zero attached hydrogens (tertiary/aromatic N) is 1. The standard InChI is InChI=1S/C19H19ClN2O4/c1-25-15-6-4-14(5-7-15)22-11-12(9-18(22)23)19(24)21-16-10-13(20)3-8-17(16)26-2/h3-8,10,12H,9,11H2,1-2H3,(H,21,24)/t12-/m0/s1. The van der Waals surface area contributed by atoms with Gasteiger partial charge in [-0.25, -0.2) is 0 Å². The summed E-state index contributed by atoms with van der Waals surface area (Å²) >= 11 is 5.99. The van der Waals surface area contributed by atoms with Gasteiger partial charge < -0.3 is 19.7 Å². The molecular formula is C19H19ClN2O4. The lowest BCUT2D eigenvalue weighted by atomic mass is 10.1. The molecule has 0 aromatic heterocycles. The first-order valence-electron chi connectivity index (χ1n) is 8.10. The summed E-state index contributed by atoms with van der Waals surface area (Å²) in [6.45, 7) is 0.319. The molecule has 1 atom stereocenters. The number of hydrogen-bond donors (Lipinski definition) is 1. The highest BCUT2D eigenvalue weighted by molar-refractivity contribution is 6.31. The fourth-order valence-corrected chi connectivity index (χ4v) is 3.08. The molecule has 0 radical (unpaired) electrons. The fourth-order valence-electron chi connectivity index (χ4n) is 2.91. The van der Waals surface area contributed by atoms with Crippen molar-refractivity contribution < 1.29 is 19.1 Å². The molecule has 1 heterocycles. The molecule has 0 spiro atoms. The second-order valence-electron chi connectivity index (χ2n) is 5.94. The molecule has 1 fully saturated rings. The smallest absolute Gasteiger partial charge is 0.229 e. The first kappa shape index (κ1) is 18.1. The van der Waals surface area contributed by atoms with Crippen LogP contribution in [0.2, 0.25) is 5.02 Å². The number of ether oxygens (including phenoxy) is 2. The van der Waals surface area contributed by atoms with Crippen molar-refractivity contribution in [3.8, 4) is 11.5 Å². The topological polar surface area (TPSA) is 67.9 Å². The van der Waals surface area contributed by atoms with E-state index in [9.17, 15) is 9.59 Å². The molecule has 1 aliphatic rings. The maximum atomic E-state index is 12.6. The Labute approximate surface area is 156 Å². The van der Waals surface area contributed by atoms with E-state index in [1.807, 2.05) is 0 Å². The Balaban J connectivity index is 1.71. The minimum absolute atomic E-state index is 0.0895. The Hall–Kier alpha value is -2.73. The number of anilines is 2.